The number of hydrogen-bond acceptors (Lipinski definition) is 3. The first-order chi connectivity index (χ1) is 17.6. The smallest absolute Gasteiger partial charge is 0.195 e. The Hall–Kier alpha value is -4.89. The number of benzene rings is 6. The fourth-order valence-electron chi connectivity index (χ4n) is 5.06. The number of fused-ring (bicyclic) bond motifs is 2. The third-order valence-electron chi connectivity index (χ3n) is 6.64. The molecule has 0 aliphatic rings. The average Bonchev–Trinajstić information content (AvgIpc) is 2.92. The zero-order valence-electron chi connectivity index (χ0n) is 19.3. The summed E-state index contributed by atoms with van der Waals surface area (Å²) >= 11 is 0. The van der Waals surface area contributed by atoms with Crippen molar-refractivity contribution < 1.29 is 15.0 Å². The molecule has 3 heteroatoms. The molecular formula is C33H22O3. The Morgan fingerprint density at radius 2 is 0.833 bits per heavy atom. The van der Waals surface area contributed by atoms with Crippen LogP contribution in [0.5, 0.6) is 11.5 Å². The summed E-state index contributed by atoms with van der Waals surface area (Å²) in [6, 6.07) is 37.4. The quantitative estimate of drug-likeness (QED) is 0.259. The Morgan fingerprint density at radius 3 is 1.25 bits per heavy atom. The van der Waals surface area contributed by atoms with E-state index in [1.807, 2.05) is 109 Å². The summed E-state index contributed by atoms with van der Waals surface area (Å²) in [5.41, 5.74) is 3.26. The molecule has 0 fully saturated rings. The first-order valence-corrected chi connectivity index (χ1v) is 11.8. The summed E-state index contributed by atoms with van der Waals surface area (Å²) in [5, 5.41) is 25.4. The Labute approximate surface area is 208 Å². The molecule has 0 aliphatic carbocycles. The summed E-state index contributed by atoms with van der Waals surface area (Å²) in [6.07, 6.45) is 0. The van der Waals surface area contributed by atoms with Crippen LogP contribution in [-0.4, -0.2) is 16.0 Å². The second kappa shape index (κ2) is 8.71. The Balaban J connectivity index is 1.76. The molecule has 3 nitrogen and oxygen atoms in total. The predicted molar refractivity (Wildman–Crippen MR) is 146 cm³/mol. The third kappa shape index (κ3) is 3.50. The van der Waals surface area contributed by atoms with Crippen LogP contribution < -0.4 is 0 Å². The van der Waals surface area contributed by atoms with Gasteiger partial charge < -0.3 is 10.2 Å². The predicted octanol–water partition coefficient (Wildman–Crippen LogP) is 7.97. The maximum absolute atomic E-state index is 14.7. The Morgan fingerprint density at radius 1 is 0.472 bits per heavy atom. The molecule has 0 heterocycles. The van der Waals surface area contributed by atoms with Crippen LogP contribution in [-0.2, 0) is 0 Å². The highest BCUT2D eigenvalue weighted by atomic mass is 16.3. The van der Waals surface area contributed by atoms with Crippen molar-refractivity contribution in [3.63, 3.8) is 0 Å². The van der Waals surface area contributed by atoms with Crippen LogP contribution in [0, 0.1) is 0 Å². The largest absolute Gasteiger partial charge is 0.507 e. The number of carbonyl (C=O) groups excluding carboxylic acids is 1. The molecule has 0 aliphatic heterocycles. The maximum atomic E-state index is 14.7. The zero-order chi connectivity index (χ0) is 24.6. The minimum Gasteiger partial charge on any atom is -0.507 e. The molecule has 172 valence electrons. The van der Waals surface area contributed by atoms with Crippen molar-refractivity contribution in [2.45, 2.75) is 0 Å². The number of rotatable bonds is 4. The molecular weight excluding hydrogens is 444 g/mol. The van der Waals surface area contributed by atoms with Crippen LogP contribution in [0.1, 0.15) is 15.9 Å². The van der Waals surface area contributed by atoms with Gasteiger partial charge in [0.15, 0.2) is 5.78 Å². The minimum absolute atomic E-state index is 0.0361. The molecule has 0 atom stereocenters. The van der Waals surface area contributed by atoms with Gasteiger partial charge >= 0.3 is 0 Å². The number of hydrogen-bond donors (Lipinski definition) is 2. The van der Waals surface area contributed by atoms with E-state index in [1.54, 1.807) is 12.1 Å². The highest BCUT2D eigenvalue weighted by Crippen LogP contribution is 2.44. The number of phenolic OH excluding ortho intramolecular Hbond substituents is 2. The normalized spacial score (nSPS) is 11.1. The fourth-order valence-corrected chi connectivity index (χ4v) is 5.06. The van der Waals surface area contributed by atoms with E-state index in [0.29, 0.717) is 22.3 Å². The average molecular weight is 467 g/mol. The summed E-state index contributed by atoms with van der Waals surface area (Å²) in [4.78, 5) is 14.7. The fraction of sp³-hybridized carbons (Fsp3) is 0. The molecule has 6 aromatic rings. The number of ketones is 1. The van der Waals surface area contributed by atoms with Crippen molar-refractivity contribution in [2.24, 2.45) is 0 Å². The first-order valence-electron chi connectivity index (χ1n) is 11.8. The Bertz CT molecular complexity index is 1620. The SMILES string of the molecule is O=C(c1c(-c2ccccc2)c(O)cc2ccccc12)c1c(-c2ccccc2)c(O)cc2ccccc12. The standard InChI is InChI=1S/C33H22O3/c34-27-19-23-15-7-9-17-25(23)31(29(27)21-11-3-1-4-12-21)33(36)32-26-18-10-8-16-24(26)20-28(35)30(32)22-13-5-2-6-14-22/h1-20,34-35H. The first kappa shape index (κ1) is 21.6. The van der Waals surface area contributed by atoms with E-state index in [2.05, 4.69) is 0 Å². The highest BCUT2D eigenvalue weighted by Gasteiger charge is 2.27. The van der Waals surface area contributed by atoms with E-state index in [1.165, 1.54) is 0 Å². The van der Waals surface area contributed by atoms with Gasteiger partial charge in [-0.2, -0.15) is 0 Å². The van der Waals surface area contributed by atoms with Crippen molar-refractivity contribution in [1.29, 1.82) is 0 Å². The lowest BCUT2D eigenvalue weighted by molar-refractivity contribution is 0.104. The van der Waals surface area contributed by atoms with Gasteiger partial charge in [0.2, 0.25) is 0 Å². The zero-order valence-corrected chi connectivity index (χ0v) is 19.3. The lowest BCUT2D eigenvalue weighted by Crippen LogP contribution is -2.08. The van der Waals surface area contributed by atoms with Crippen LogP contribution in [0.3, 0.4) is 0 Å². The molecule has 0 unspecified atom stereocenters. The molecule has 0 saturated heterocycles. The monoisotopic (exact) mass is 466 g/mol. The van der Waals surface area contributed by atoms with Gasteiger partial charge in [-0.15, -0.1) is 0 Å². The van der Waals surface area contributed by atoms with Crippen molar-refractivity contribution >= 4 is 27.3 Å². The molecule has 0 amide bonds. The molecule has 0 spiro atoms. The summed E-state index contributed by atoms with van der Waals surface area (Å²) in [5.74, 6) is -0.185. The van der Waals surface area contributed by atoms with Crippen LogP contribution in [0.15, 0.2) is 121 Å². The van der Waals surface area contributed by atoms with Crippen LogP contribution in [0.25, 0.3) is 43.8 Å². The van der Waals surface area contributed by atoms with Crippen molar-refractivity contribution in [2.75, 3.05) is 0 Å². The van der Waals surface area contributed by atoms with Gasteiger partial charge in [0.05, 0.1) is 0 Å². The number of carbonyl (C=O) groups is 1. The van der Waals surface area contributed by atoms with E-state index in [9.17, 15) is 15.0 Å². The molecule has 0 saturated carbocycles. The Kier molecular flexibility index (Phi) is 5.24. The van der Waals surface area contributed by atoms with Crippen molar-refractivity contribution in [1.82, 2.24) is 0 Å². The van der Waals surface area contributed by atoms with Gasteiger partial charge in [-0.05, 0) is 44.8 Å². The molecule has 36 heavy (non-hydrogen) atoms. The minimum atomic E-state index is -0.257. The van der Waals surface area contributed by atoms with Crippen molar-refractivity contribution in [3.05, 3.63) is 132 Å². The van der Waals surface area contributed by atoms with E-state index in [4.69, 9.17) is 0 Å². The van der Waals surface area contributed by atoms with Gasteiger partial charge in [-0.25, -0.2) is 0 Å². The topological polar surface area (TPSA) is 57.5 Å². The summed E-state index contributed by atoms with van der Waals surface area (Å²) in [7, 11) is 0. The molecule has 0 radical (unpaired) electrons. The summed E-state index contributed by atoms with van der Waals surface area (Å²) < 4.78 is 0. The highest BCUT2D eigenvalue weighted by molar-refractivity contribution is 6.28. The second-order valence-electron chi connectivity index (χ2n) is 8.79. The number of phenols is 2. The van der Waals surface area contributed by atoms with Crippen molar-refractivity contribution in [3.8, 4) is 33.8 Å². The van der Waals surface area contributed by atoms with Gasteiger partial charge in [0.1, 0.15) is 11.5 Å². The lowest BCUT2D eigenvalue weighted by Gasteiger charge is -2.19. The van der Waals surface area contributed by atoms with Gasteiger partial charge in [-0.1, -0.05) is 109 Å². The molecule has 0 bridgehead atoms. The van der Waals surface area contributed by atoms with Gasteiger partial charge in [-0.3, -0.25) is 4.79 Å². The summed E-state index contributed by atoms with van der Waals surface area (Å²) in [6.45, 7) is 0. The van der Waals surface area contributed by atoms with Crippen LogP contribution in [0.2, 0.25) is 0 Å². The molecule has 2 N–H and O–H groups in total. The molecule has 6 rings (SSSR count). The second-order valence-corrected chi connectivity index (χ2v) is 8.79. The van der Waals surface area contributed by atoms with E-state index in [-0.39, 0.29) is 17.3 Å². The molecule has 6 aromatic carbocycles. The van der Waals surface area contributed by atoms with Crippen LogP contribution >= 0.6 is 0 Å². The molecule has 0 aromatic heterocycles. The third-order valence-corrected chi connectivity index (χ3v) is 6.64. The van der Waals surface area contributed by atoms with E-state index >= 15 is 0 Å². The van der Waals surface area contributed by atoms with E-state index in [0.717, 1.165) is 32.7 Å². The lowest BCUT2D eigenvalue weighted by atomic mass is 9.84. The number of aromatic hydroxyl groups is 2. The van der Waals surface area contributed by atoms with Gasteiger partial charge in [0, 0.05) is 22.3 Å². The van der Waals surface area contributed by atoms with E-state index < -0.39 is 0 Å². The van der Waals surface area contributed by atoms with Crippen LogP contribution in [0.4, 0.5) is 0 Å². The van der Waals surface area contributed by atoms with Gasteiger partial charge in [0.25, 0.3) is 0 Å². The maximum Gasteiger partial charge on any atom is 0.195 e.